The number of nitrogens with one attached hydrogen (secondary N) is 3. The van der Waals surface area contributed by atoms with Crippen molar-refractivity contribution in [3.05, 3.63) is 24.7 Å². The van der Waals surface area contributed by atoms with E-state index in [9.17, 15) is 18.4 Å². The number of likely N-dealkylation sites (N-methyl/N-ethyl adjacent to an activating group) is 1. The number of alkyl halides is 2. The van der Waals surface area contributed by atoms with Crippen LogP contribution in [0.2, 0.25) is 0 Å². The Morgan fingerprint density at radius 3 is 2.77 bits per heavy atom. The molecule has 0 saturated carbocycles. The quantitative estimate of drug-likeness (QED) is 0.471. The van der Waals surface area contributed by atoms with Crippen LogP contribution in [0.3, 0.4) is 0 Å². The minimum absolute atomic E-state index is 0.0375. The van der Waals surface area contributed by atoms with Gasteiger partial charge in [-0.2, -0.15) is 4.98 Å². The molecule has 0 radical (unpaired) electrons. The van der Waals surface area contributed by atoms with Gasteiger partial charge in [0.05, 0.1) is 19.0 Å². The summed E-state index contributed by atoms with van der Waals surface area (Å²) in [5.74, 6) is -2.45. The maximum atomic E-state index is 14.9. The third-order valence-corrected chi connectivity index (χ3v) is 6.54. The van der Waals surface area contributed by atoms with E-state index >= 15 is 0 Å². The number of hydrogen-bond acceptors (Lipinski definition) is 10. The summed E-state index contributed by atoms with van der Waals surface area (Å²) in [6, 6.07) is -0.509. The molecule has 3 N–H and O–H groups in total. The van der Waals surface area contributed by atoms with Gasteiger partial charge in [-0.25, -0.2) is 33.3 Å². The van der Waals surface area contributed by atoms with E-state index in [0.717, 1.165) is 11.4 Å². The summed E-state index contributed by atoms with van der Waals surface area (Å²) in [5, 5.41) is 8.36. The third-order valence-electron chi connectivity index (χ3n) is 6.54. The molecule has 2 fully saturated rings. The molecule has 15 heteroatoms. The Kier molecular flexibility index (Phi) is 8.89. The largest absolute Gasteiger partial charge is 0.477 e. The first-order valence-electron chi connectivity index (χ1n) is 12.8. The Morgan fingerprint density at radius 2 is 2.05 bits per heavy atom. The zero-order valence-corrected chi connectivity index (χ0v) is 22.1. The monoisotopic (exact) mass is 549 g/mol. The van der Waals surface area contributed by atoms with Crippen LogP contribution in [-0.2, 0) is 4.74 Å². The number of hydrogen-bond donors (Lipinski definition) is 3. The van der Waals surface area contributed by atoms with E-state index in [-0.39, 0.29) is 48.7 Å². The number of amides is 3. The molecule has 13 nitrogen and oxygen atoms in total. The predicted octanol–water partition coefficient (Wildman–Crippen LogP) is 2.73. The maximum absolute atomic E-state index is 14.9. The van der Waals surface area contributed by atoms with E-state index in [2.05, 4.69) is 35.9 Å². The Morgan fingerprint density at radius 1 is 1.23 bits per heavy atom. The minimum atomic E-state index is -3.15. The lowest BCUT2D eigenvalue weighted by molar-refractivity contribution is -0.0760. The van der Waals surface area contributed by atoms with Crippen LogP contribution < -0.4 is 25.6 Å². The SMILES string of the molecule is CCOc1cnc(NC(=O)N(C)[C@H]2CN(c3nccc(NC(=O)O[C@@H]4CCN[C@H](C)C4)n3)CCC2(F)F)cn1. The van der Waals surface area contributed by atoms with Gasteiger partial charge >= 0.3 is 12.1 Å². The first-order valence-corrected chi connectivity index (χ1v) is 12.8. The van der Waals surface area contributed by atoms with Gasteiger partial charge in [-0.3, -0.25) is 10.6 Å². The van der Waals surface area contributed by atoms with E-state index in [1.807, 2.05) is 6.92 Å². The normalized spacial score (nSPS) is 22.5. The number of anilines is 3. The molecule has 2 aromatic heterocycles. The fourth-order valence-electron chi connectivity index (χ4n) is 4.46. The molecule has 3 atom stereocenters. The molecule has 2 saturated heterocycles. The molecule has 0 aliphatic carbocycles. The van der Waals surface area contributed by atoms with Crippen LogP contribution in [0, 0.1) is 0 Å². The van der Waals surface area contributed by atoms with Crippen LogP contribution in [0.25, 0.3) is 0 Å². The van der Waals surface area contributed by atoms with Gasteiger partial charge in [0, 0.05) is 38.8 Å². The number of piperidine rings is 2. The van der Waals surface area contributed by atoms with E-state index in [4.69, 9.17) is 9.47 Å². The van der Waals surface area contributed by atoms with Crippen LogP contribution in [0.4, 0.5) is 36.0 Å². The second-order valence-electron chi connectivity index (χ2n) is 9.46. The standard InChI is InChI=1S/C24H33F2N9O4/c1-4-38-20-13-29-19(12-30-20)32-22(36)34(3)17-14-35(10-7-24(17,25)26)21-28-9-6-18(31-21)33-23(37)39-16-5-8-27-15(2)11-16/h6,9,12-13,15-17,27H,4-5,7-8,10-11,14H2,1-3H3,(H,29,32,36)(H,28,31,33,37)/t15-,16-,17+/m1/s1. The van der Waals surface area contributed by atoms with Gasteiger partial charge < -0.3 is 24.6 Å². The Balaban J connectivity index is 1.38. The van der Waals surface area contributed by atoms with Gasteiger partial charge in [-0.1, -0.05) is 0 Å². The van der Waals surface area contributed by atoms with E-state index in [1.165, 1.54) is 31.7 Å². The zero-order valence-electron chi connectivity index (χ0n) is 22.1. The molecule has 2 aliphatic rings. The van der Waals surface area contributed by atoms with Crippen LogP contribution in [0.1, 0.15) is 33.1 Å². The molecule has 39 heavy (non-hydrogen) atoms. The van der Waals surface area contributed by atoms with E-state index in [0.29, 0.717) is 19.4 Å². The van der Waals surface area contributed by atoms with Crippen molar-refractivity contribution >= 4 is 29.7 Å². The Labute approximate surface area is 224 Å². The number of rotatable bonds is 7. The van der Waals surface area contributed by atoms with E-state index < -0.39 is 30.5 Å². The lowest BCUT2D eigenvalue weighted by Crippen LogP contribution is -2.60. The summed E-state index contributed by atoms with van der Waals surface area (Å²) < 4.78 is 40.6. The highest BCUT2D eigenvalue weighted by molar-refractivity contribution is 5.88. The van der Waals surface area contributed by atoms with Crippen LogP contribution in [0.15, 0.2) is 24.7 Å². The summed E-state index contributed by atoms with van der Waals surface area (Å²) in [6.07, 6.45) is 4.09. The van der Waals surface area contributed by atoms with Gasteiger partial charge in [0.1, 0.15) is 18.0 Å². The Bertz CT molecular complexity index is 1140. The molecule has 2 aliphatic heterocycles. The predicted molar refractivity (Wildman–Crippen MR) is 138 cm³/mol. The highest BCUT2D eigenvalue weighted by Gasteiger charge is 2.48. The van der Waals surface area contributed by atoms with Crippen molar-refractivity contribution in [3.8, 4) is 5.88 Å². The molecule has 0 spiro atoms. The molecule has 0 bridgehead atoms. The van der Waals surface area contributed by atoms with Gasteiger partial charge in [0.25, 0.3) is 5.92 Å². The van der Waals surface area contributed by atoms with Crippen molar-refractivity contribution in [2.75, 3.05) is 48.8 Å². The molecule has 4 rings (SSSR count). The molecule has 212 valence electrons. The molecule has 2 aromatic rings. The average molecular weight is 550 g/mol. The molecular weight excluding hydrogens is 516 g/mol. The van der Waals surface area contributed by atoms with Crippen molar-refractivity contribution in [2.24, 2.45) is 0 Å². The molecule has 0 unspecified atom stereocenters. The second-order valence-corrected chi connectivity index (χ2v) is 9.46. The number of carbonyl (C=O) groups excluding carboxylic acids is 2. The third kappa shape index (κ3) is 7.37. The highest BCUT2D eigenvalue weighted by atomic mass is 19.3. The fraction of sp³-hybridized carbons (Fsp3) is 0.583. The second kappa shape index (κ2) is 12.3. The average Bonchev–Trinajstić information content (AvgIpc) is 2.89. The lowest BCUT2D eigenvalue weighted by Gasteiger charge is -2.42. The molecule has 0 aromatic carbocycles. The molecule has 3 amide bonds. The number of urea groups is 1. The Hall–Kier alpha value is -3.88. The highest BCUT2D eigenvalue weighted by Crippen LogP contribution is 2.33. The van der Waals surface area contributed by atoms with Crippen LogP contribution >= 0.6 is 0 Å². The first kappa shape index (κ1) is 28.1. The van der Waals surface area contributed by atoms with Crippen molar-refractivity contribution in [1.29, 1.82) is 0 Å². The summed E-state index contributed by atoms with van der Waals surface area (Å²) in [7, 11) is 1.29. The van der Waals surface area contributed by atoms with Crippen molar-refractivity contribution in [2.45, 2.75) is 57.2 Å². The summed E-state index contributed by atoms with van der Waals surface area (Å²) in [6.45, 7) is 4.71. The molecule has 4 heterocycles. The number of carbonyl (C=O) groups is 2. The van der Waals surface area contributed by atoms with Gasteiger partial charge in [0.2, 0.25) is 11.8 Å². The zero-order chi connectivity index (χ0) is 28.0. The number of halogens is 2. The topological polar surface area (TPSA) is 147 Å². The smallest absolute Gasteiger partial charge is 0.413 e. The van der Waals surface area contributed by atoms with Crippen molar-refractivity contribution in [3.63, 3.8) is 0 Å². The molecular formula is C24H33F2N9O4. The minimum Gasteiger partial charge on any atom is -0.477 e. The van der Waals surface area contributed by atoms with E-state index in [1.54, 1.807) is 11.8 Å². The number of nitrogens with zero attached hydrogens (tertiary/aromatic N) is 6. The number of aromatic nitrogens is 4. The van der Waals surface area contributed by atoms with Crippen LogP contribution in [0.5, 0.6) is 5.88 Å². The maximum Gasteiger partial charge on any atom is 0.413 e. The van der Waals surface area contributed by atoms with Gasteiger partial charge in [-0.15, -0.1) is 0 Å². The summed E-state index contributed by atoms with van der Waals surface area (Å²) >= 11 is 0. The summed E-state index contributed by atoms with van der Waals surface area (Å²) in [5.41, 5.74) is 0. The van der Waals surface area contributed by atoms with Crippen molar-refractivity contribution < 1.29 is 27.8 Å². The van der Waals surface area contributed by atoms with Crippen LogP contribution in [-0.4, -0.2) is 94.4 Å². The van der Waals surface area contributed by atoms with Gasteiger partial charge in [-0.05, 0) is 39.3 Å². The summed E-state index contributed by atoms with van der Waals surface area (Å²) in [4.78, 5) is 44.2. The lowest BCUT2D eigenvalue weighted by atomic mass is 10.00. The number of ether oxygens (including phenoxy) is 2. The van der Waals surface area contributed by atoms with Crippen molar-refractivity contribution in [1.82, 2.24) is 30.2 Å². The van der Waals surface area contributed by atoms with Gasteiger partial charge in [0.15, 0.2) is 5.82 Å². The fourth-order valence-corrected chi connectivity index (χ4v) is 4.46. The first-order chi connectivity index (χ1) is 18.6.